The molecule has 0 spiro atoms. The van der Waals surface area contributed by atoms with Crippen LogP contribution in [0.25, 0.3) is 5.00 Å². The summed E-state index contributed by atoms with van der Waals surface area (Å²) in [5, 5.41) is 20.3. The number of nitrogens with one attached hydrogen (secondary N) is 4. The minimum atomic E-state index is -1.17. The minimum Gasteiger partial charge on any atom is -0.483 e. The Kier molecular flexibility index (Phi) is 11.2. The Bertz CT molecular complexity index is 2420. The van der Waals surface area contributed by atoms with Gasteiger partial charge in [-0.1, -0.05) is 29.8 Å². The van der Waals surface area contributed by atoms with Crippen LogP contribution < -0.4 is 26.0 Å². The number of nitrogens with zero attached hydrogens (tertiary/aromatic N) is 5. The van der Waals surface area contributed by atoms with Crippen molar-refractivity contribution < 1.29 is 38.3 Å². The molecule has 4 N–H and O–H groups in total. The highest BCUT2D eigenvalue weighted by Gasteiger charge is 2.46. The Labute approximate surface area is 340 Å². The number of aryl methyl sites for hydroxylation is 2. The lowest BCUT2D eigenvalue weighted by molar-refractivity contribution is -0.136. The second-order valence-electron chi connectivity index (χ2n) is 13.9. The number of likely N-dealkylation sites (N-methyl/N-ethyl adjacent to an activating group) is 1. The van der Waals surface area contributed by atoms with Gasteiger partial charge in [0, 0.05) is 41.0 Å². The fraction of sp³-hybridized carbons (Fsp3) is 0.333. The third-order valence-electron chi connectivity index (χ3n) is 10.2. The number of halogens is 1. The number of rotatable bonds is 12. The van der Waals surface area contributed by atoms with Crippen molar-refractivity contribution in [1.29, 1.82) is 0 Å². The van der Waals surface area contributed by atoms with E-state index in [0.29, 0.717) is 22.4 Å². The van der Waals surface area contributed by atoms with Gasteiger partial charge in [0.15, 0.2) is 12.4 Å². The molecule has 19 heteroatoms. The molecule has 300 valence electrons. The summed E-state index contributed by atoms with van der Waals surface area (Å²) in [6, 6.07) is 8.65. The van der Waals surface area contributed by atoms with Crippen molar-refractivity contribution in [2.45, 2.75) is 64.6 Å². The smallest absolute Gasteiger partial charge is 0.266 e. The number of aromatic nitrogens is 3. The molecule has 1 fully saturated rings. The van der Waals surface area contributed by atoms with Gasteiger partial charge in [-0.2, -0.15) is 0 Å². The van der Waals surface area contributed by atoms with E-state index in [2.05, 4.69) is 31.5 Å². The summed E-state index contributed by atoms with van der Waals surface area (Å²) in [7, 11) is 1.41. The molecule has 7 amide bonds. The van der Waals surface area contributed by atoms with Crippen molar-refractivity contribution in [2.75, 3.05) is 20.2 Å². The van der Waals surface area contributed by atoms with Gasteiger partial charge >= 0.3 is 0 Å². The van der Waals surface area contributed by atoms with Gasteiger partial charge in [-0.05, 0) is 63.4 Å². The Morgan fingerprint density at radius 2 is 1.76 bits per heavy atom. The lowest BCUT2D eigenvalue weighted by Gasteiger charge is -2.27. The summed E-state index contributed by atoms with van der Waals surface area (Å²) in [4.78, 5) is 97.1. The minimum absolute atomic E-state index is 0.00881. The summed E-state index contributed by atoms with van der Waals surface area (Å²) >= 11 is 7.81. The Morgan fingerprint density at radius 3 is 2.48 bits per heavy atom. The Morgan fingerprint density at radius 1 is 1.00 bits per heavy atom. The van der Waals surface area contributed by atoms with Crippen LogP contribution in [0, 0.1) is 20.8 Å². The molecule has 0 saturated carbocycles. The van der Waals surface area contributed by atoms with Crippen LogP contribution in [-0.4, -0.2) is 99.0 Å². The number of carbonyl (C=O) groups excluding carboxylic acids is 7. The van der Waals surface area contributed by atoms with Crippen LogP contribution in [0.4, 0.5) is 0 Å². The number of imide groups is 2. The number of piperidine rings is 1. The molecule has 3 aliphatic heterocycles. The highest BCUT2D eigenvalue weighted by atomic mass is 35.5. The van der Waals surface area contributed by atoms with Crippen molar-refractivity contribution in [3.63, 3.8) is 0 Å². The van der Waals surface area contributed by atoms with Crippen molar-refractivity contribution in [2.24, 2.45) is 4.99 Å². The molecular weight excluding hydrogens is 790 g/mol. The maximum Gasteiger partial charge on any atom is 0.266 e. The maximum absolute atomic E-state index is 13.5. The molecule has 3 aliphatic rings. The molecule has 3 atom stereocenters. The van der Waals surface area contributed by atoms with Crippen molar-refractivity contribution in [1.82, 2.24) is 40.9 Å². The zero-order valence-corrected chi connectivity index (χ0v) is 33.4. The average Bonchev–Trinajstić information content (AvgIpc) is 3.77. The summed E-state index contributed by atoms with van der Waals surface area (Å²) in [6.45, 7) is 5.30. The monoisotopic (exact) mass is 827 g/mol. The van der Waals surface area contributed by atoms with Gasteiger partial charge < -0.3 is 20.7 Å². The first-order chi connectivity index (χ1) is 27.8. The van der Waals surface area contributed by atoms with E-state index in [4.69, 9.17) is 21.3 Å². The van der Waals surface area contributed by atoms with E-state index in [1.54, 1.807) is 23.5 Å². The summed E-state index contributed by atoms with van der Waals surface area (Å²) in [5.41, 5.74) is 3.37. The lowest BCUT2D eigenvalue weighted by Crippen LogP contribution is -2.54. The summed E-state index contributed by atoms with van der Waals surface area (Å²) in [5.74, 6) is -3.30. The first kappa shape index (κ1) is 39.9. The molecule has 58 heavy (non-hydrogen) atoms. The quantitative estimate of drug-likeness (QED) is 0.153. The van der Waals surface area contributed by atoms with Crippen molar-refractivity contribution in [3.8, 4) is 10.8 Å². The topological polar surface area (TPSA) is 223 Å². The van der Waals surface area contributed by atoms with E-state index in [1.807, 2.05) is 37.5 Å². The van der Waals surface area contributed by atoms with E-state index in [9.17, 15) is 33.6 Å². The van der Waals surface area contributed by atoms with E-state index in [-0.39, 0.29) is 55.0 Å². The van der Waals surface area contributed by atoms with Gasteiger partial charge in [0.05, 0.1) is 23.3 Å². The molecule has 0 bridgehead atoms. The number of hydrogen-bond donors (Lipinski definition) is 4. The molecule has 4 aromatic rings. The Hall–Kier alpha value is -6.27. The van der Waals surface area contributed by atoms with Crippen LogP contribution in [0.3, 0.4) is 0 Å². The lowest BCUT2D eigenvalue weighted by atomic mass is 9.99. The highest BCUT2D eigenvalue weighted by molar-refractivity contribution is 7.15. The molecule has 0 radical (unpaired) electrons. The summed E-state index contributed by atoms with van der Waals surface area (Å²) < 4.78 is 7.61. The van der Waals surface area contributed by atoms with Gasteiger partial charge in [-0.25, -0.2) is 0 Å². The number of carbonyl (C=O) groups is 7. The van der Waals surface area contributed by atoms with Crippen LogP contribution in [0.1, 0.15) is 85.7 Å². The number of benzene rings is 2. The highest BCUT2D eigenvalue weighted by Crippen LogP contribution is 2.40. The van der Waals surface area contributed by atoms with Crippen molar-refractivity contribution in [3.05, 3.63) is 91.8 Å². The molecule has 2 aromatic carbocycles. The van der Waals surface area contributed by atoms with Gasteiger partial charge in [0.1, 0.15) is 34.7 Å². The number of amides is 7. The van der Waals surface area contributed by atoms with Crippen LogP contribution >= 0.6 is 22.9 Å². The van der Waals surface area contributed by atoms with E-state index < -0.39 is 60.2 Å². The number of hydrogen-bond acceptors (Lipinski definition) is 12. The van der Waals surface area contributed by atoms with Gasteiger partial charge in [0.2, 0.25) is 23.6 Å². The molecule has 7 rings (SSSR count). The number of thiophene rings is 1. The second-order valence-corrected chi connectivity index (χ2v) is 15.5. The van der Waals surface area contributed by atoms with Crippen LogP contribution in [0.2, 0.25) is 5.02 Å². The molecule has 2 aromatic heterocycles. The van der Waals surface area contributed by atoms with E-state index in [1.165, 1.54) is 25.2 Å². The van der Waals surface area contributed by atoms with Crippen molar-refractivity contribution >= 4 is 70.0 Å². The Balaban J connectivity index is 1.00. The standard InChI is InChI=1S/C39H38ClN9O8S/c1-18-19(2)58-39-31(18)33(21-8-10-22(40)11-9-21)44-25(34-47-46-20(3)48(34)39)16-29(51)42-15-14-24(35(53)41-4)43-30(52)17-57-27-7-5-6-23-32(27)38(56)49(37(23)55)26-12-13-28(50)45-36(26)54/h5-11,24-26H,12-17H2,1-4H3,(H,41,53)(H,42,51)(H,43,52)(H,45,50,54)/t24?,25-,26?/m0/s1. The third-order valence-corrected chi connectivity index (χ3v) is 11.6. The fourth-order valence-corrected chi connectivity index (χ4v) is 8.50. The first-order valence-corrected chi connectivity index (χ1v) is 19.6. The largest absolute Gasteiger partial charge is 0.483 e. The van der Waals surface area contributed by atoms with Gasteiger partial charge in [0.25, 0.3) is 17.7 Å². The maximum atomic E-state index is 13.5. The van der Waals surface area contributed by atoms with Crippen LogP contribution in [0.5, 0.6) is 5.75 Å². The van der Waals surface area contributed by atoms with Crippen LogP contribution in [-0.2, 0) is 24.0 Å². The number of ether oxygens (including phenoxy) is 1. The molecular formula is C39H38ClN9O8S. The fourth-order valence-electron chi connectivity index (χ4n) is 7.16. The molecule has 1 saturated heterocycles. The number of fused-ring (bicyclic) bond motifs is 4. The number of aliphatic imine (C=N–C) groups is 1. The normalized spacial score (nSPS) is 17.7. The second kappa shape index (κ2) is 16.3. The summed E-state index contributed by atoms with van der Waals surface area (Å²) in [6.07, 6.45) is -0.129. The SMILES string of the molecule is CNC(=O)C(CCNC(=O)C[C@@H]1N=C(c2ccc(Cl)cc2)c2c(sc(C)c2C)-n2c(C)nnc21)NC(=O)COc1cccc2c1C(=O)N(C1CCC(=O)NC1=O)C2=O. The molecule has 2 unspecified atom stereocenters. The van der Waals surface area contributed by atoms with E-state index >= 15 is 0 Å². The molecule has 17 nitrogen and oxygen atoms in total. The predicted octanol–water partition coefficient (Wildman–Crippen LogP) is 2.41. The van der Waals surface area contributed by atoms with Crippen LogP contribution in [0.15, 0.2) is 47.5 Å². The van der Waals surface area contributed by atoms with Gasteiger partial charge in [-0.3, -0.25) is 53.3 Å². The average molecular weight is 828 g/mol. The zero-order chi connectivity index (χ0) is 41.4. The van der Waals surface area contributed by atoms with Gasteiger partial charge in [-0.15, -0.1) is 21.5 Å². The molecule has 5 heterocycles. The third kappa shape index (κ3) is 7.59. The zero-order valence-electron chi connectivity index (χ0n) is 31.8. The first-order valence-electron chi connectivity index (χ1n) is 18.4. The molecule has 0 aliphatic carbocycles. The van der Waals surface area contributed by atoms with E-state index in [0.717, 1.165) is 31.5 Å². The predicted molar refractivity (Wildman–Crippen MR) is 210 cm³/mol.